The average molecular weight is 477 g/mol. The number of fused-ring (bicyclic) bond motifs is 1. The van der Waals surface area contributed by atoms with Crippen molar-refractivity contribution in [2.75, 3.05) is 31.6 Å². The number of carbonyl (C=O) groups excluding carboxylic acids is 1. The second-order valence-electron chi connectivity index (χ2n) is 9.17. The van der Waals surface area contributed by atoms with E-state index in [4.69, 9.17) is 0 Å². The number of unbranched alkanes of at least 4 members (excludes halogenated alkanes) is 1. The molecule has 1 aliphatic rings. The number of nitrogens with zero attached hydrogens (tertiary/aromatic N) is 4. The van der Waals surface area contributed by atoms with E-state index in [1.807, 2.05) is 24.4 Å². The number of anilines is 1. The minimum absolute atomic E-state index is 0.109. The Balaban J connectivity index is 1.44. The highest BCUT2D eigenvalue weighted by Gasteiger charge is 2.45. The van der Waals surface area contributed by atoms with Gasteiger partial charge in [0, 0.05) is 43.2 Å². The number of aromatic amines is 2. The van der Waals surface area contributed by atoms with Crippen molar-refractivity contribution in [3.05, 3.63) is 41.9 Å². The second-order valence-corrected chi connectivity index (χ2v) is 9.17. The van der Waals surface area contributed by atoms with Crippen molar-refractivity contribution in [1.82, 2.24) is 25.1 Å². The predicted molar refractivity (Wildman–Crippen MR) is 125 cm³/mol. The molecule has 1 aromatic carbocycles. The largest absolute Gasteiger partial charge is 0.405 e. The molecule has 1 aliphatic heterocycles. The number of Topliss-reactive ketones (excluding diaryl/α,β-unsaturated/α-hetero) is 1. The topological polar surface area (TPSA) is 80.9 Å². The van der Waals surface area contributed by atoms with Crippen LogP contribution in [0.25, 0.3) is 10.9 Å². The minimum atomic E-state index is -4.34. The summed E-state index contributed by atoms with van der Waals surface area (Å²) >= 11 is 0. The van der Waals surface area contributed by atoms with Crippen LogP contribution in [0.3, 0.4) is 0 Å². The van der Waals surface area contributed by atoms with Crippen molar-refractivity contribution in [2.45, 2.75) is 51.2 Å². The lowest BCUT2D eigenvalue weighted by Crippen LogP contribution is -2.57. The molecule has 3 aromatic rings. The Bertz CT molecular complexity index is 1110. The van der Waals surface area contributed by atoms with Crippen LogP contribution in [0.1, 0.15) is 48.8 Å². The molecule has 1 fully saturated rings. The van der Waals surface area contributed by atoms with Crippen LogP contribution in [-0.2, 0) is 6.42 Å². The van der Waals surface area contributed by atoms with Crippen LogP contribution in [0.2, 0.25) is 0 Å². The van der Waals surface area contributed by atoms with E-state index in [1.54, 1.807) is 0 Å². The molecule has 1 saturated heterocycles. The van der Waals surface area contributed by atoms with Gasteiger partial charge in [-0.3, -0.25) is 14.8 Å². The molecule has 184 valence electrons. The molecule has 2 aromatic heterocycles. The predicted octanol–water partition coefficient (Wildman–Crippen LogP) is 4.59. The summed E-state index contributed by atoms with van der Waals surface area (Å²) in [6.45, 7) is 2.47. The number of hydrogen-bond acceptors (Lipinski definition) is 5. The fourth-order valence-corrected chi connectivity index (χ4v) is 4.67. The number of H-pyrrole nitrogens is 2. The van der Waals surface area contributed by atoms with Crippen molar-refractivity contribution >= 4 is 22.6 Å². The van der Waals surface area contributed by atoms with Crippen LogP contribution < -0.4 is 4.90 Å². The lowest BCUT2D eigenvalue weighted by molar-refractivity contribution is -0.180. The van der Waals surface area contributed by atoms with E-state index in [2.05, 4.69) is 33.2 Å². The van der Waals surface area contributed by atoms with Crippen LogP contribution in [0.5, 0.6) is 0 Å². The van der Waals surface area contributed by atoms with Crippen LogP contribution in [0, 0.1) is 5.92 Å². The fraction of sp³-hybridized carbons (Fsp3) is 0.542. The van der Waals surface area contributed by atoms with Crippen molar-refractivity contribution in [2.24, 2.45) is 5.92 Å². The van der Waals surface area contributed by atoms with E-state index in [-0.39, 0.29) is 36.6 Å². The molecule has 0 radical (unpaired) electrons. The number of ketones is 1. The number of benzene rings is 1. The van der Waals surface area contributed by atoms with Gasteiger partial charge in [0.2, 0.25) is 5.95 Å². The minimum Gasteiger partial charge on any atom is -0.361 e. The van der Waals surface area contributed by atoms with E-state index in [1.165, 1.54) is 22.4 Å². The molecule has 2 atom stereocenters. The van der Waals surface area contributed by atoms with Crippen LogP contribution in [0.4, 0.5) is 19.1 Å². The van der Waals surface area contributed by atoms with Gasteiger partial charge >= 0.3 is 6.18 Å². The van der Waals surface area contributed by atoms with Crippen molar-refractivity contribution in [3.63, 3.8) is 0 Å². The van der Waals surface area contributed by atoms with E-state index < -0.39 is 12.2 Å². The van der Waals surface area contributed by atoms with Gasteiger partial charge in [0.15, 0.2) is 11.6 Å². The normalized spacial score (nSPS) is 18.5. The molecular weight excluding hydrogens is 445 g/mol. The summed E-state index contributed by atoms with van der Waals surface area (Å²) < 4.78 is 40.0. The number of para-hydroxylation sites is 1. The molecule has 2 N–H and O–H groups in total. The average Bonchev–Trinajstić information content (AvgIpc) is 3.45. The molecule has 4 rings (SSSR count). The Morgan fingerprint density at radius 1 is 1.26 bits per heavy atom. The summed E-state index contributed by atoms with van der Waals surface area (Å²) in [7, 11) is 1.46. The van der Waals surface area contributed by atoms with Crippen molar-refractivity contribution in [1.29, 1.82) is 0 Å². The van der Waals surface area contributed by atoms with Gasteiger partial charge < -0.3 is 9.88 Å². The van der Waals surface area contributed by atoms with Gasteiger partial charge in [0.1, 0.15) is 6.04 Å². The molecule has 34 heavy (non-hydrogen) atoms. The maximum atomic E-state index is 13.3. The standard InChI is InChI=1S/C24H31F3N6O/c1-3-4-7-16(12-17-14-28-19-9-6-5-8-18(17)19)13-20(34)22-29-23(31-30-22)33-11-10-32(2)21(15-33)24(25,26)27/h5-6,8-9,14,16,21,28H,3-4,7,10-13,15H2,1-2H3,(H,29,30,31). The number of carbonyl (C=O) groups is 1. The van der Waals surface area contributed by atoms with Gasteiger partial charge in [-0.2, -0.15) is 18.2 Å². The first-order valence-corrected chi connectivity index (χ1v) is 11.8. The first-order valence-electron chi connectivity index (χ1n) is 11.8. The SMILES string of the molecule is CCCCC(CC(=O)c1nc(N2CCN(C)C(C(F)(F)F)C2)n[nH]1)Cc1c[nH]c2ccccc12. The first-order chi connectivity index (χ1) is 16.3. The highest BCUT2D eigenvalue weighted by atomic mass is 19.4. The van der Waals surface area contributed by atoms with Crippen LogP contribution >= 0.6 is 0 Å². The number of rotatable bonds is 9. The Kier molecular flexibility index (Phi) is 7.25. The highest BCUT2D eigenvalue weighted by molar-refractivity contribution is 5.93. The molecule has 0 saturated carbocycles. The lowest BCUT2D eigenvalue weighted by atomic mass is 9.89. The van der Waals surface area contributed by atoms with Gasteiger partial charge in [-0.15, -0.1) is 5.10 Å². The summed E-state index contributed by atoms with van der Waals surface area (Å²) in [4.78, 5) is 23.4. The summed E-state index contributed by atoms with van der Waals surface area (Å²) in [5.74, 6) is 0.227. The molecule has 0 spiro atoms. The third-order valence-corrected chi connectivity index (χ3v) is 6.67. The van der Waals surface area contributed by atoms with Crippen LogP contribution in [0.15, 0.2) is 30.5 Å². The van der Waals surface area contributed by atoms with E-state index in [0.717, 1.165) is 36.6 Å². The summed E-state index contributed by atoms with van der Waals surface area (Å²) in [5, 5.41) is 7.89. The lowest BCUT2D eigenvalue weighted by Gasteiger charge is -2.39. The zero-order chi connectivity index (χ0) is 24.3. The number of hydrogen-bond donors (Lipinski definition) is 2. The van der Waals surface area contributed by atoms with Gasteiger partial charge in [0.05, 0.1) is 0 Å². The first kappa shape index (κ1) is 24.3. The maximum Gasteiger partial charge on any atom is 0.405 e. The van der Waals surface area contributed by atoms with Crippen LogP contribution in [-0.4, -0.2) is 69.7 Å². The Morgan fingerprint density at radius 3 is 2.82 bits per heavy atom. The third kappa shape index (κ3) is 5.43. The molecule has 3 heterocycles. The van der Waals surface area contributed by atoms with Gasteiger partial charge in [-0.25, -0.2) is 0 Å². The molecule has 10 heteroatoms. The highest BCUT2D eigenvalue weighted by Crippen LogP contribution is 2.29. The van der Waals surface area contributed by atoms with Gasteiger partial charge in [-0.05, 0) is 37.4 Å². The smallest absolute Gasteiger partial charge is 0.361 e. The number of aromatic nitrogens is 4. The Morgan fingerprint density at radius 2 is 2.06 bits per heavy atom. The summed E-state index contributed by atoms with van der Waals surface area (Å²) in [6, 6.07) is 6.51. The quantitative estimate of drug-likeness (QED) is 0.442. The van der Waals surface area contributed by atoms with E-state index in [9.17, 15) is 18.0 Å². The van der Waals surface area contributed by atoms with Crippen molar-refractivity contribution in [3.8, 4) is 0 Å². The summed E-state index contributed by atoms with van der Waals surface area (Å²) in [6.07, 6.45) is 1.71. The zero-order valence-corrected chi connectivity index (χ0v) is 19.5. The molecule has 0 aliphatic carbocycles. The molecule has 7 nitrogen and oxygen atoms in total. The van der Waals surface area contributed by atoms with E-state index in [0.29, 0.717) is 13.0 Å². The number of piperazine rings is 1. The Labute approximate surface area is 196 Å². The second kappa shape index (κ2) is 10.2. The number of alkyl halides is 3. The van der Waals surface area contributed by atoms with E-state index >= 15 is 0 Å². The maximum absolute atomic E-state index is 13.3. The third-order valence-electron chi connectivity index (χ3n) is 6.67. The number of nitrogens with one attached hydrogen (secondary N) is 2. The zero-order valence-electron chi connectivity index (χ0n) is 19.5. The monoisotopic (exact) mass is 476 g/mol. The number of halogens is 3. The molecule has 0 bridgehead atoms. The molecular formula is C24H31F3N6O. The molecule has 2 unspecified atom stereocenters. The van der Waals surface area contributed by atoms with Gasteiger partial charge in [0.25, 0.3) is 0 Å². The molecule has 0 amide bonds. The number of likely N-dealkylation sites (N-methyl/N-ethyl adjacent to an activating group) is 1. The Hall–Kier alpha value is -2.88. The fourth-order valence-electron chi connectivity index (χ4n) is 4.67. The van der Waals surface area contributed by atoms with Gasteiger partial charge in [-0.1, -0.05) is 38.0 Å². The van der Waals surface area contributed by atoms with Crippen molar-refractivity contribution < 1.29 is 18.0 Å². The summed E-state index contributed by atoms with van der Waals surface area (Å²) in [5.41, 5.74) is 2.25.